The van der Waals surface area contributed by atoms with Crippen LogP contribution in [0, 0.1) is 5.82 Å². The van der Waals surface area contributed by atoms with Crippen LogP contribution in [0.5, 0.6) is 0 Å². The second-order valence-corrected chi connectivity index (χ2v) is 3.86. The van der Waals surface area contributed by atoms with Crippen molar-refractivity contribution in [1.29, 1.82) is 0 Å². The van der Waals surface area contributed by atoms with E-state index in [1.807, 2.05) is 0 Å². The van der Waals surface area contributed by atoms with E-state index >= 15 is 0 Å². The van der Waals surface area contributed by atoms with Crippen LogP contribution in [0.15, 0.2) is 18.2 Å². The number of halogens is 2. The highest BCUT2D eigenvalue weighted by molar-refractivity contribution is 6.31. The van der Waals surface area contributed by atoms with Gasteiger partial charge in [-0.15, -0.1) is 0 Å². The number of hydrogen-bond acceptors (Lipinski definition) is 3. The van der Waals surface area contributed by atoms with Gasteiger partial charge in [-0.25, -0.2) is 14.0 Å². The minimum atomic E-state index is -1.08. The number of urea groups is 1. The number of carboxylic acids is 1. The van der Waals surface area contributed by atoms with E-state index < -0.39 is 24.4 Å². The number of rotatable bonds is 6. The van der Waals surface area contributed by atoms with E-state index in [1.165, 1.54) is 12.1 Å². The lowest BCUT2D eigenvalue weighted by Gasteiger charge is -2.08. The fourth-order valence-electron chi connectivity index (χ4n) is 1.15. The summed E-state index contributed by atoms with van der Waals surface area (Å²) in [7, 11) is 0. The molecule has 0 atom stereocenters. The fraction of sp³-hybridized carbons (Fsp3) is 0.273. The summed E-state index contributed by atoms with van der Waals surface area (Å²) < 4.78 is 17.6. The van der Waals surface area contributed by atoms with Crippen molar-refractivity contribution in [1.82, 2.24) is 5.32 Å². The molecule has 0 spiro atoms. The van der Waals surface area contributed by atoms with Gasteiger partial charge >= 0.3 is 12.0 Å². The van der Waals surface area contributed by atoms with Crippen LogP contribution in [-0.4, -0.2) is 36.9 Å². The first kappa shape index (κ1) is 15.2. The van der Waals surface area contributed by atoms with Gasteiger partial charge in [0.2, 0.25) is 0 Å². The van der Waals surface area contributed by atoms with Crippen LogP contribution in [0.3, 0.4) is 0 Å². The number of benzene rings is 1. The highest BCUT2D eigenvalue weighted by Gasteiger charge is 2.04. The van der Waals surface area contributed by atoms with Crippen molar-refractivity contribution in [3.8, 4) is 0 Å². The Morgan fingerprint density at radius 2 is 2.16 bits per heavy atom. The molecule has 0 heterocycles. The number of nitrogens with one attached hydrogen (secondary N) is 2. The monoisotopic (exact) mass is 290 g/mol. The van der Waals surface area contributed by atoms with E-state index in [0.29, 0.717) is 5.69 Å². The number of anilines is 1. The third kappa shape index (κ3) is 6.03. The largest absolute Gasteiger partial charge is 0.480 e. The molecule has 19 heavy (non-hydrogen) atoms. The van der Waals surface area contributed by atoms with Crippen molar-refractivity contribution in [3.05, 3.63) is 29.0 Å². The van der Waals surface area contributed by atoms with Crippen LogP contribution < -0.4 is 10.6 Å². The van der Waals surface area contributed by atoms with Crippen molar-refractivity contribution < 1.29 is 23.8 Å². The molecule has 0 aliphatic rings. The third-order valence-corrected chi connectivity index (χ3v) is 2.22. The predicted octanol–water partition coefficient (Wildman–Crippen LogP) is 1.70. The van der Waals surface area contributed by atoms with Gasteiger partial charge in [0, 0.05) is 12.2 Å². The maximum Gasteiger partial charge on any atom is 0.329 e. The number of ether oxygens (including phenoxy) is 1. The van der Waals surface area contributed by atoms with Crippen LogP contribution in [0.1, 0.15) is 0 Å². The fourth-order valence-corrected chi connectivity index (χ4v) is 1.33. The lowest BCUT2D eigenvalue weighted by Crippen LogP contribution is -2.32. The summed E-state index contributed by atoms with van der Waals surface area (Å²) in [6.45, 7) is -0.200. The number of carbonyl (C=O) groups is 2. The molecule has 104 valence electrons. The molecule has 8 heteroatoms. The van der Waals surface area contributed by atoms with E-state index in [-0.39, 0.29) is 18.2 Å². The molecule has 6 nitrogen and oxygen atoms in total. The predicted molar refractivity (Wildman–Crippen MR) is 66.9 cm³/mol. The quantitative estimate of drug-likeness (QED) is 0.696. The average molecular weight is 291 g/mol. The summed E-state index contributed by atoms with van der Waals surface area (Å²) >= 11 is 5.55. The zero-order valence-electron chi connectivity index (χ0n) is 9.78. The highest BCUT2D eigenvalue weighted by atomic mass is 35.5. The molecule has 0 unspecified atom stereocenters. The number of carbonyl (C=O) groups excluding carboxylic acids is 1. The molecule has 0 saturated heterocycles. The van der Waals surface area contributed by atoms with Gasteiger partial charge in [-0.05, 0) is 18.2 Å². The maximum absolute atomic E-state index is 12.9. The topological polar surface area (TPSA) is 87.7 Å². The Hall–Kier alpha value is -1.86. The zero-order valence-corrected chi connectivity index (χ0v) is 10.5. The first-order valence-corrected chi connectivity index (χ1v) is 5.66. The van der Waals surface area contributed by atoms with E-state index in [4.69, 9.17) is 21.4 Å². The van der Waals surface area contributed by atoms with Crippen LogP contribution in [0.25, 0.3) is 0 Å². The van der Waals surface area contributed by atoms with Crippen molar-refractivity contribution in [2.45, 2.75) is 0 Å². The third-order valence-electron chi connectivity index (χ3n) is 1.93. The second kappa shape index (κ2) is 7.55. The Balaban J connectivity index is 2.27. The molecule has 0 aliphatic heterocycles. The van der Waals surface area contributed by atoms with Gasteiger partial charge in [0.1, 0.15) is 12.4 Å². The lowest BCUT2D eigenvalue weighted by molar-refractivity contribution is -0.142. The number of amides is 2. The lowest BCUT2D eigenvalue weighted by atomic mass is 10.3. The van der Waals surface area contributed by atoms with Crippen LogP contribution in [0.2, 0.25) is 5.02 Å². The Morgan fingerprint density at radius 3 is 2.79 bits per heavy atom. The minimum absolute atomic E-state index is 0.0733. The molecule has 1 aromatic carbocycles. The van der Waals surface area contributed by atoms with E-state index in [1.54, 1.807) is 0 Å². The molecule has 3 N–H and O–H groups in total. The van der Waals surface area contributed by atoms with Gasteiger partial charge < -0.3 is 20.5 Å². The standard InChI is InChI=1S/C11H12ClFN2O4/c12-8-5-7(1-2-9(8)13)15-11(18)14-3-4-19-6-10(16)17/h1-2,5H,3-4,6H2,(H,16,17)(H2,14,15,18). The summed E-state index contributed by atoms with van der Waals surface area (Å²) in [5.41, 5.74) is 0.343. The first-order chi connectivity index (χ1) is 8.99. The summed E-state index contributed by atoms with van der Waals surface area (Å²) in [6, 6.07) is 3.24. The number of aliphatic carboxylic acids is 1. The first-order valence-electron chi connectivity index (χ1n) is 5.28. The summed E-state index contributed by atoms with van der Waals surface area (Å²) in [4.78, 5) is 21.5. The Kier molecular flexibility index (Phi) is 6.04. The Bertz CT molecular complexity index is 470. The molecule has 0 aromatic heterocycles. The van der Waals surface area contributed by atoms with Gasteiger partial charge in [0.05, 0.1) is 11.6 Å². The van der Waals surface area contributed by atoms with E-state index in [9.17, 15) is 14.0 Å². The molecular formula is C11H12ClFN2O4. The minimum Gasteiger partial charge on any atom is -0.480 e. The van der Waals surface area contributed by atoms with Crippen molar-refractivity contribution in [2.24, 2.45) is 0 Å². The molecular weight excluding hydrogens is 279 g/mol. The van der Waals surface area contributed by atoms with Gasteiger partial charge in [0.25, 0.3) is 0 Å². The summed E-state index contributed by atoms with van der Waals surface area (Å²) in [6.07, 6.45) is 0. The van der Waals surface area contributed by atoms with Gasteiger partial charge in [-0.1, -0.05) is 11.6 Å². The number of carboxylic acid groups (broad SMARTS) is 1. The van der Waals surface area contributed by atoms with Gasteiger partial charge in [-0.2, -0.15) is 0 Å². The molecule has 0 aliphatic carbocycles. The molecule has 0 radical (unpaired) electrons. The molecule has 2 amide bonds. The SMILES string of the molecule is O=C(O)COCCNC(=O)Nc1ccc(F)c(Cl)c1. The molecule has 1 rings (SSSR count). The Morgan fingerprint density at radius 1 is 1.42 bits per heavy atom. The average Bonchev–Trinajstić information content (AvgIpc) is 2.33. The zero-order chi connectivity index (χ0) is 14.3. The number of hydrogen-bond donors (Lipinski definition) is 3. The molecule has 1 aromatic rings. The maximum atomic E-state index is 12.9. The van der Waals surface area contributed by atoms with Gasteiger partial charge in [-0.3, -0.25) is 0 Å². The molecule has 0 saturated carbocycles. The molecule has 0 fully saturated rings. The van der Waals surface area contributed by atoms with Gasteiger partial charge in [0.15, 0.2) is 0 Å². The van der Waals surface area contributed by atoms with Crippen LogP contribution >= 0.6 is 11.6 Å². The highest BCUT2D eigenvalue weighted by Crippen LogP contribution is 2.18. The Labute approximate surface area is 113 Å². The van der Waals surface area contributed by atoms with Crippen LogP contribution in [0.4, 0.5) is 14.9 Å². The van der Waals surface area contributed by atoms with Crippen molar-refractivity contribution >= 4 is 29.3 Å². The van der Waals surface area contributed by atoms with Crippen molar-refractivity contribution in [2.75, 3.05) is 25.1 Å². The molecule has 0 bridgehead atoms. The smallest absolute Gasteiger partial charge is 0.329 e. The van der Waals surface area contributed by atoms with E-state index in [2.05, 4.69) is 10.6 Å². The van der Waals surface area contributed by atoms with Crippen molar-refractivity contribution in [3.63, 3.8) is 0 Å². The van der Waals surface area contributed by atoms with Crippen LogP contribution in [-0.2, 0) is 9.53 Å². The second-order valence-electron chi connectivity index (χ2n) is 3.46. The van der Waals surface area contributed by atoms with E-state index in [0.717, 1.165) is 6.07 Å². The summed E-state index contributed by atoms with van der Waals surface area (Å²) in [5, 5.41) is 13.1. The normalized spacial score (nSPS) is 10.0. The summed E-state index contributed by atoms with van der Waals surface area (Å²) in [5.74, 6) is -1.65.